The lowest BCUT2D eigenvalue weighted by atomic mass is 10.0. The third kappa shape index (κ3) is 4.86. The van der Waals surface area contributed by atoms with E-state index in [1.54, 1.807) is 46.4 Å². The van der Waals surface area contributed by atoms with Crippen LogP contribution in [0.2, 0.25) is 0 Å². The second kappa shape index (κ2) is 10.1. The fourth-order valence-electron chi connectivity index (χ4n) is 5.42. The van der Waals surface area contributed by atoms with E-state index in [1.807, 2.05) is 30.3 Å². The minimum atomic E-state index is -3.32. The molecule has 1 saturated heterocycles. The minimum Gasteiger partial charge on any atom is -0.478 e. The van der Waals surface area contributed by atoms with E-state index in [1.165, 1.54) is 12.1 Å². The van der Waals surface area contributed by atoms with Crippen LogP contribution in [0.4, 0.5) is 14.5 Å². The Labute approximate surface area is 230 Å². The van der Waals surface area contributed by atoms with Gasteiger partial charge in [0, 0.05) is 41.5 Å². The normalized spacial score (nSPS) is 22.8. The highest BCUT2D eigenvalue weighted by Crippen LogP contribution is 2.41. The summed E-state index contributed by atoms with van der Waals surface area (Å²) in [6, 6.07) is 19.0. The standard InChI is InChI=1S/C29H26F2N4O4S/c1-40(37,38)17-18-15-34-25(39-16-18)14-24(20-10-5-6-12-22(20)30)35(34)28-29(36)33-27-21(11-7-13-23(27)31)26(32-28)19-8-3-2-4-9-19/h2-14,18,24,28H,15-17H2,1H3,(H,33,36)/t18?,24?,28-/m0/s1. The number of hydrogen-bond donors (Lipinski definition) is 1. The van der Waals surface area contributed by atoms with Gasteiger partial charge in [0.1, 0.15) is 21.5 Å². The Morgan fingerprint density at radius 2 is 1.73 bits per heavy atom. The van der Waals surface area contributed by atoms with Gasteiger partial charge in [0.15, 0.2) is 6.17 Å². The molecule has 3 aliphatic rings. The number of sulfone groups is 1. The number of nitrogens with zero attached hydrogens (tertiary/aromatic N) is 3. The SMILES string of the molecule is CS(=O)(=O)CC1COC2=CC(c3ccccc3F)N([C@@H]3N=C(c4ccccc4)c4cccc(F)c4NC3=O)N2C1. The molecule has 3 aromatic rings. The summed E-state index contributed by atoms with van der Waals surface area (Å²) in [4.78, 5) is 18.7. The summed E-state index contributed by atoms with van der Waals surface area (Å²) in [6.07, 6.45) is 1.57. The number of carbonyl (C=O) groups is 1. The van der Waals surface area contributed by atoms with Gasteiger partial charge in [-0.2, -0.15) is 5.01 Å². The van der Waals surface area contributed by atoms with E-state index in [4.69, 9.17) is 9.73 Å². The molecule has 1 amide bonds. The Hall–Kier alpha value is -4.09. The number of rotatable bonds is 5. The van der Waals surface area contributed by atoms with E-state index in [0.717, 1.165) is 6.26 Å². The van der Waals surface area contributed by atoms with Crippen molar-refractivity contribution in [3.8, 4) is 0 Å². The van der Waals surface area contributed by atoms with Gasteiger partial charge in [-0.15, -0.1) is 0 Å². The van der Waals surface area contributed by atoms with E-state index in [0.29, 0.717) is 22.7 Å². The van der Waals surface area contributed by atoms with E-state index >= 15 is 8.78 Å². The lowest BCUT2D eigenvalue weighted by molar-refractivity contribution is -0.140. The Morgan fingerprint density at radius 1 is 1.00 bits per heavy atom. The number of halogens is 2. The first-order valence-corrected chi connectivity index (χ1v) is 14.8. The first-order chi connectivity index (χ1) is 19.2. The van der Waals surface area contributed by atoms with Crippen molar-refractivity contribution in [2.45, 2.75) is 12.2 Å². The predicted octanol–water partition coefficient (Wildman–Crippen LogP) is 3.89. The number of carbonyl (C=O) groups excluding carboxylic acids is 1. The second-order valence-corrected chi connectivity index (χ2v) is 12.3. The van der Waals surface area contributed by atoms with Crippen LogP contribution in [0.3, 0.4) is 0 Å². The molecule has 0 aliphatic carbocycles. The highest BCUT2D eigenvalue weighted by molar-refractivity contribution is 7.90. The molecule has 3 aromatic carbocycles. The zero-order valence-electron chi connectivity index (χ0n) is 21.5. The Kier molecular flexibility index (Phi) is 6.63. The topological polar surface area (TPSA) is 91.3 Å². The van der Waals surface area contributed by atoms with Crippen molar-refractivity contribution in [3.63, 3.8) is 0 Å². The number of benzene rings is 3. The number of hydrazine groups is 1. The van der Waals surface area contributed by atoms with E-state index < -0.39 is 45.5 Å². The molecule has 0 bridgehead atoms. The molecule has 206 valence electrons. The summed E-state index contributed by atoms with van der Waals surface area (Å²) in [5.74, 6) is -1.89. The maximum atomic E-state index is 15.2. The van der Waals surface area contributed by atoms with Crippen molar-refractivity contribution in [3.05, 3.63) is 113 Å². The van der Waals surface area contributed by atoms with Crippen LogP contribution < -0.4 is 5.32 Å². The molecular formula is C29H26F2N4O4S. The molecule has 8 nitrogen and oxygen atoms in total. The van der Waals surface area contributed by atoms with Gasteiger partial charge in [-0.3, -0.25) is 14.8 Å². The minimum absolute atomic E-state index is 0.00253. The van der Waals surface area contributed by atoms with Crippen molar-refractivity contribution in [1.82, 2.24) is 10.0 Å². The van der Waals surface area contributed by atoms with Crippen LogP contribution in [0, 0.1) is 17.6 Å². The van der Waals surface area contributed by atoms with Gasteiger partial charge in [-0.1, -0.05) is 60.7 Å². The highest BCUT2D eigenvalue weighted by atomic mass is 32.2. The number of nitrogens with one attached hydrogen (secondary N) is 1. The molecule has 1 N–H and O–H groups in total. The molecule has 0 radical (unpaired) electrons. The Bertz CT molecular complexity index is 1640. The molecule has 1 fully saturated rings. The van der Waals surface area contributed by atoms with Crippen LogP contribution in [0.15, 0.2) is 89.7 Å². The number of amides is 1. The second-order valence-electron chi connectivity index (χ2n) is 10.1. The summed E-state index contributed by atoms with van der Waals surface area (Å²) in [7, 11) is -3.32. The maximum Gasteiger partial charge on any atom is 0.265 e. The summed E-state index contributed by atoms with van der Waals surface area (Å²) < 4.78 is 60.3. The van der Waals surface area contributed by atoms with Gasteiger partial charge in [-0.25, -0.2) is 17.2 Å². The lowest BCUT2D eigenvalue weighted by Crippen LogP contribution is -2.54. The number of ether oxygens (including phenoxy) is 1. The summed E-state index contributed by atoms with van der Waals surface area (Å²) in [5, 5.41) is 5.94. The number of fused-ring (bicyclic) bond motifs is 2. The number of benzodiazepines with no additional fused rings is 1. The lowest BCUT2D eigenvalue weighted by Gasteiger charge is -2.42. The van der Waals surface area contributed by atoms with Gasteiger partial charge in [0.25, 0.3) is 5.91 Å². The van der Waals surface area contributed by atoms with Gasteiger partial charge in [0.05, 0.1) is 29.8 Å². The van der Waals surface area contributed by atoms with Crippen LogP contribution in [-0.2, 0) is 19.4 Å². The quantitative estimate of drug-likeness (QED) is 0.506. The number of aliphatic imine (C=N–C) groups is 1. The molecule has 11 heteroatoms. The molecule has 3 heterocycles. The average molecular weight is 565 g/mol. The first-order valence-electron chi connectivity index (χ1n) is 12.7. The molecule has 40 heavy (non-hydrogen) atoms. The van der Waals surface area contributed by atoms with E-state index in [9.17, 15) is 13.2 Å². The van der Waals surface area contributed by atoms with Gasteiger partial charge in [-0.05, 0) is 12.1 Å². The molecule has 0 aromatic heterocycles. The van der Waals surface area contributed by atoms with Crippen molar-refractivity contribution in [2.24, 2.45) is 10.9 Å². The van der Waals surface area contributed by atoms with Crippen molar-refractivity contribution in [2.75, 3.05) is 30.5 Å². The molecular weight excluding hydrogens is 538 g/mol. The fraction of sp³-hybridized carbons (Fsp3) is 0.241. The fourth-order valence-corrected chi connectivity index (χ4v) is 6.48. The van der Waals surface area contributed by atoms with Crippen LogP contribution in [-0.4, -0.2) is 61.4 Å². The van der Waals surface area contributed by atoms with Crippen molar-refractivity contribution < 1.29 is 26.7 Å². The smallest absolute Gasteiger partial charge is 0.265 e. The largest absolute Gasteiger partial charge is 0.478 e. The first kappa shape index (κ1) is 26.1. The Morgan fingerprint density at radius 3 is 2.48 bits per heavy atom. The molecule has 3 aliphatic heterocycles. The van der Waals surface area contributed by atoms with Gasteiger partial charge < -0.3 is 10.1 Å². The molecule has 3 atom stereocenters. The molecule has 0 spiro atoms. The van der Waals surface area contributed by atoms with Crippen LogP contribution in [0.1, 0.15) is 22.7 Å². The van der Waals surface area contributed by atoms with Crippen LogP contribution in [0.5, 0.6) is 0 Å². The number of anilines is 1. The maximum absolute atomic E-state index is 15.2. The van der Waals surface area contributed by atoms with Crippen molar-refractivity contribution in [1.29, 1.82) is 0 Å². The number of hydrogen-bond acceptors (Lipinski definition) is 7. The predicted molar refractivity (Wildman–Crippen MR) is 146 cm³/mol. The number of para-hydroxylation sites is 1. The van der Waals surface area contributed by atoms with Crippen LogP contribution in [0.25, 0.3) is 0 Å². The summed E-state index contributed by atoms with van der Waals surface area (Å²) in [6.45, 7) is 0.352. The zero-order valence-corrected chi connectivity index (χ0v) is 22.3. The summed E-state index contributed by atoms with van der Waals surface area (Å²) in [5.41, 5.74) is 1.73. The van der Waals surface area contributed by atoms with Gasteiger partial charge in [0.2, 0.25) is 5.88 Å². The highest BCUT2D eigenvalue weighted by Gasteiger charge is 2.46. The Balaban J connectivity index is 1.50. The monoisotopic (exact) mass is 564 g/mol. The average Bonchev–Trinajstić information content (AvgIpc) is 3.21. The summed E-state index contributed by atoms with van der Waals surface area (Å²) >= 11 is 0. The third-order valence-electron chi connectivity index (χ3n) is 7.08. The third-order valence-corrected chi connectivity index (χ3v) is 8.16. The molecule has 2 unspecified atom stereocenters. The molecule has 6 rings (SSSR count). The molecule has 0 saturated carbocycles. The van der Waals surface area contributed by atoms with Crippen LogP contribution >= 0.6 is 0 Å². The van der Waals surface area contributed by atoms with E-state index in [2.05, 4.69) is 5.32 Å². The van der Waals surface area contributed by atoms with Gasteiger partial charge >= 0.3 is 0 Å². The van der Waals surface area contributed by atoms with E-state index in [-0.39, 0.29) is 30.2 Å². The zero-order chi connectivity index (χ0) is 28.0. The van der Waals surface area contributed by atoms with Crippen molar-refractivity contribution >= 4 is 27.1 Å².